The van der Waals surface area contributed by atoms with Gasteiger partial charge < -0.3 is 5.32 Å². The molecule has 108 valence electrons. The van der Waals surface area contributed by atoms with Gasteiger partial charge in [-0.05, 0) is 42.3 Å². The van der Waals surface area contributed by atoms with Crippen LogP contribution in [0.25, 0.3) is 0 Å². The molecule has 3 heteroatoms. The highest BCUT2D eigenvalue weighted by atomic mass is 32.2. The van der Waals surface area contributed by atoms with Crippen LogP contribution < -0.4 is 5.32 Å². The predicted octanol–water partition coefficient (Wildman–Crippen LogP) is 5.10. The average Bonchev–Trinajstić information content (AvgIpc) is 3.00. The third-order valence-electron chi connectivity index (χ3n) is 3.65. The van der Waals surface area contributed by atoms with E-state index < -0.39 is 0 Å². The maximum absolute atomic E-state index is 3.66. The molecule has 1 heterocycles. The van der Waals surface area contributed by atoms with Gasteiger partial charge in [0.15, 0.2) is 0 Å². The Labute approximate surface area is 130 Å². The Morgan fingerprint density at radius 1 is 1.20 bits per heavy atom. The molecule has 2 aromatic rings. The minimum atomic E-state index is 0.182. The first-order valence-corrected chi connectivity index (χ1v) is 9.05. The normalized spacial score (nSPS) is 13.4. The average molecular weight is 306 g/mol. The smallest absolute Gasteiger partial charge is 0.0292 e. The van der Waals surface area contributed by atoms with Crippen LogP contribution in [0, 0.1) is 0 Å². The molecule has 0 aliphatic rings. The van der Waals surface area contributed by atoms with Crippen LogP contribution in [0.15, 0.2) is 46.7 Å². The van der Waals surface area contributed by atoms with Crippen LogP contribution in [-0.2, 0) is 5.41 Å². The molecule has 1 atom stereocenters. The van der Waals surface area contributed by atoms with Gasteiger partial charge in [0.25, 0.3) is 0 Å². The third-order valence-corrected chi connectivity index (χ3v) is 5.63. The second kappa shape index (κ2) is 6.79. The van der Waals surface area contributed by atoms with E-state index in [9.17, 15) is 0 Å². The lowest BCUT2D eigenvalue weighted by atomic mass is 9.91. The topological polar surface area (TPSA) is 12.0 Å². The third kappa shape index (κ3) is 3.87. The first-order chi connectivity index (χ1) is 9.53. The molecule has 1 N–H and O–H groups in total. The second-order valence-corrected chi connectivity index (χ2v) is 7.56. The summed E-state index contributed by atoms with van der Waals surface area (Å²) in [6, 6.07) is 13.6. The summed E-state index contributed by atoms with van der Waals surface area (Å²) in [6.07, 6.45) is 2.11. The van der Waals surface area contributed by atoms with Gasteiger partial charge >= 0.3 is 0 Å². The molecule has 0 saturated carbocycles. The summed E-state index contributed by atoms with van der Waals surface area (Å²) in [7, 11) is 0. The molecule has 1 aromatic heterocycles. The molecule has 1 aromatic carbocycles. The van der Waals surface area contributed by atoms with Gasteiger partial charge in [-0.15, -0.1) is 23.1 Å². The van der Waals surface area contributed by atoms with Crippen LogP contribution in [0.5, 0.6) is 0 Å². The minimum absolute atomic E-state index is 0.182. The van der Waals surface area contributed by atoms with Gasteiger partial charge in [0, 0.05) is 27.8 Å². The fraction of sp³-hybridized carbons (Fsp3) is 0.412. The van der Waals surface area contributed by atoms with E-state index in [1.165, 1.54) is 15.3 Å². The summed E-state index contributed by atoms with van der Waals surface area (Å²) in [4.78, 5) is 2.76. The Morgan fingerprint density at radius 3 is 2.45 bits per heavy atom. The van der Waals surface area contributed by atoms with Crippen LogP contribution in [0.2, 0.25) is 0 Å². The molecule has 0 aliphatic carbocycles. The van der Waals surface area contributed by atoms with Crippen LogP contribution in [0.1, 0.15) is 37.3 Å². The van der Waals surface area contributed by atoms with E-state index in [2.05, 4.69) is 74.1 Å². The fourth-order valence-electron chi connectivity index (χ4n) is 2.17. The van der Waals surface area contributed by atoms with Gasteiger partial charge in [-0.1, -0.05) is 32.0 Å². The summed E-state index contributed by atoms with van der Waals surface area (Å²) < 4.78 is 0. The monoisotopic (exact) mass is 305 g/mol. The van der Waals surface area contributed by atoms with E-state index in [4.69, 9.17) is 0 Å². The summed E-state index contributed by atoms with van der Waals surface area (Å²) >= 11 is 3.63. The lowest BCUT2D eigenvalue weighted by Gasteiger charge is -2.26. The molecule has 0 saturated heterocycles. The summed E-state index contributed by atoms with van der Waals surface area (Å²) in [5.74, 6) is 0. The molecule has 0 radical (unpaired) electrons. The Hall–Kier alpha value is -0.770. The number of thioether (sulfide) groups is 1. The predicted molar refractivity (Wildman–Crippen MR) is 92.0 cm³/mol. The fourth-order valence-corrected chi connectivity index (χ4v) is 3.43. The first kappa shape index (κ1) is 15.6. The standard InChI is InChI=1S/C17H23NS2/c1-13(14-7-9-15(19-4)10-8-14)18-12-17(2,3)16-6-5-11-20-16/h5-11,13,18H,12H2,1-4H3. The van der Waals surface area contributed by atoms with Crippen molar-refractivity contribution >= 4 is 23.1 Å². The lowest BCUT2D eigenvalue weighted by Crippen LogP contribution is -2.33. The van der Waals surface area contributed by atoms with Crippen molar-refractivity contribution in [1.82, 2.24) is 5.32 Å². The van der Waals surface area contributed by atoms with Crippen LogP contribution in [-0.4, -0.2) is 12.8 Å². The number of hydrogen-bond acceptors (Lipinski definition) is 3. The molecule has 0 spiro atoms. The maximum atomic E-state index is 3.66. The van der Waals surface area contributed by atoms with Crippen molar-refractivity contribution in [3.63, 3.8) is 0 Å². The zero-order valence-electron chi connectivity index (χ0n) is 12.6. The molecule has 20 heavy (non-hydrogen) atoms. The van der Waals surface area contributed by atoms with Gasteiger partial charge in [0.05, 0.1) is 0 Å². The van der Waals surface area contributed by atoms with Crippen molar-refractivity contribution in [2.75, 3.05) is 12.8 Å². The zero-order chi connectivity index (χ0) is 14.6. The molecule has 1 nitrogen and oxygen atoms in total. The molecule has 0 aliphatic heterocycles. The molecule has 1 unspecified atom stereocenters. The first-order valence-electron chi connectivity index (χ1n) is 6.94. The van der Waals surface area contributed by atoms with E-state index in [0.717, 1.165) is 6.54 Å². The highest BCUT2D eigenvalue weighted by Gasteiger charge is 2.22. The van der Waals surface area contributed by atoms with Crippen molar-refractivity contribution in [3.05, 3.63) is 52.2 Å². The SMILES string of the molecule is CSc1ccc(C(C)NCC(C)(C)c2cccs2)cc1. The molecule has 0 fully saturated rings. The minimum Gasteiger partial charge on any atom is -0.309 e. The Balaban J connectivity index is 1.96. The van der Waals surface area contributed by atoms with Crippen LogP contribution in [0.4, 0.5) is 0 Å². The highest BCUT2D eigenvalue weighted by molar-refractivity contribution is 7.98. The molecular weight excluding hydrogens is 282 g/mol. The van der Waals surface area contributed by atoms with E-state index in [0.29, 0.717) is 6.04 Å². The van der Waals surface area contributed by atoms with Gasteiger partial charge in [-0.3, -0.25) is 0 Å². The quantitative estimate of drug-likeness (QED) is 0.745. The van der Waals surface area contributed by atoms with Crippen LogP contribution >= 0.6 is 23.1 Å². The van der Waals surface area contributed by atoms with Gasteiger partial charge in [0.2, 0.25) is 0 Å². The van der Waals surface area contributed by atoms with Crippen molar-refractivity contribution in [2.24, 2.45) is 0 Å². The number of benzene rings is 1. The number of thiophene rings is 1. The van der Waals surface area contributed by atoms with Gasteiger partial charge in [-0.25, -0.2) is 0 Å². The van der Waals surface area contributed by atoms with E-state index >= 15 is 0 Å². The lowest BCUT2D eigenvalue weighted by molar-refractivity contribution is 0.441. The summed E-state index contributed by atoms with van der Waals surface area (Å²) in [5, 5.41) is 5.82. The van der Waals surface area contributed by atoms with E-state index in [1.54, 1.807) is 11.8 Å². The Bertz CT molecular complexity index is 514. The maximum Gasteiger partial charge on any atom is 0.0292 e. The molecule has 0 bridgehead atoms. The van der Waals surface area contributed by atoms with Crippen molar-refractivity contribution in [2.45, 2.75) is 37.1 Å². The van der Waals surface area contributed by atoms with Crippen molar-refractivity contribution in [3.8, 4) is 0 Å². The Morgan fingerprint density at radius 2 is 1.90 bits per heavy atom. The van der Waals surface area contributed by atoms with Crippen LogP contribution in [0.3, 0.4) is 0 Å². The molecule has 0 amide bonds. The number of rotatable bonds is 6. The van der Waals surface area contributed by atoms with E-state index in [-0.39, 0.29) is 5.41 Å². The van der Waals surface area contributed by atoms with E-state index in [1.807, 2.05) is 11.3 Å². The highest BCUT2D eigenvalue weighted by Crippen LogP contribution is 2.27. The molecular formula is C17H23NS2. The summed E-state index contributed by atoms with van der Waals surface area (Å²) in [5.41, 5.74) is 1.53. The van der Waals surface area contributed by atoms with Crippen molar-refractivity contribution in [1.29, 1.82) is 0 Å². The van der Waals surface area contributed by atoms with Crippen molar-refractivity contribution < 1.29 is 0 Å². The van der Waals surface area contributed by atoms with Gasteiger partial charge in [0.1, 0.15) is 0 Å². The zero-order valence-corrected chi connectivity index (χ0v) is 14.3. The Kier molecular flexibility index (Phi) is 5.30. The number of nitrogens with one attached hydrogen (secondary N) is 1. The summed E-state index contributed by atoms with van der Waals surface area (Å²) in [6.45, 7) is 7.82. The van der Waals surface area contributed by atoms with Gasteiger partial charge in [-0.2, -0.15) is 0 Å². The number of hydrogen-bond donors (Lipinski definition) is 1. The largest absolute Gasteiger partial charge is 0.309 e. The second-order valence-electron chi connectivity index (χ2n) is 5.74. The molecule has 2 rings (SSSR count).